The zero-order valence-electron chi connectivity index (χ0n) is 5.20. The van der Waals surface area contributed by atoms with Gasteiger partial charge < -0.3 is 10.7 Å². The molecule has 0 saturated carbocycles. The van der Waals surface area contributed by atoms with Crippen LogP contribution in [0.15, 0.2) is 17.2 Å². The Morgan fingerprint density at radius 3 is 2.80 bits per heavy atom. The Kier molecular flexibility index (Phi) is 3.68. The predicted octanol–water partition coefficient (Wildman–Crippen LogP) is -0.350. The first kappa shape index (κ1) is 9.13. The van der Waals surface area contributed by atoms with Crippen LogP contribution in [0.5, 0.6) is 0 Å². The molecule has 4 nitrogen and oxygen atoms in total. The highest BCUT2D eigenvalue weighted by atomic mass is 35.5. The fourth-order valence-corrected chi connectivity index (χ4v) is 0.528. The number of aromatic nitrogens is 2. The summed E-state index contributed by atoms with van der Waals surface area (Å²) >= 11 is 0. The van der Waals surface area contributed by atoms with Gasteiger partial charge in [0.15, 0.2) is 0 Å². The number of nitrogens with zero attached hydrogens (tertiary/aromatic N) is 1. The Morgan fingerprint density at radius 2 is 2.40 bits per heavy atom. The highest BCUT2D eigenvalue weighted by molar-refractivity contribution is 5.85. The lowest BCUT2D eigenvalue weighted by atomic mass is 10.4. The Morgan fingerprint density at radius 1 is 1.70 bits per heavy atom. The van der Waals surface area contributed by atoms with Crippen molar-refractivity contribution < 1.29 is 0 Å². The standard InChI is InChI=1S/C5H7N3O.ClH/c6-3-4-5(9)8-2-1-7-4;/h1-2H,3,6H2,(H,8,9);1H. The molecule has 56 valence electrons. The van der Waals surface area contributed by atoms with Crippen LogP contribution < -0.4 is 11.3 Å². The van der Waals surface area contributed by atoms with E-state index in [1.54, 1.807) is 0 Å². The molecule has 0 atom stereocenters. The Balaban J connectivity index is 0.000000810. The molecule has 0 spiro atoms. The van der Waals surface area contributed by atoms with Crippen LogP contribution in [0.4, 0.5) is 0 Å². The minimum atomic E-state index is -0.208. The van der Waals surface area contributed by atoms with E-state index in [9.17, 15) is 4.79 Å². The molecule has 0 aromatic carbocycles. The van der Waals surface area contributed by atoms with Crippen molar-refractivity contribution in [2.45, 2.75) is 6.54 Å². The molecule has 1 rings (SSSR count). The van der Waals surface area contributed by atoms with Crippen LogP contribution in [-0.2, 0) is 6.54 Å². The molecule has 0 bridgehead atoms. The van der Waals surface area contributed by atoms with Crippen molar-refractivity contribution in [1.29, 1.82) is 0 Å². The minimum Gasteiger partial charge on any atom is -0.326 e. The van der Waals surface area contributed by atoms with Crippen molar-refractivity contribution in [1.82, 2.24) is 9.97 Å². The zero-order valence-corrected chi connectivity index (χ0v) is 6.02. The zero-order chi connectivity index (χ0) is 6.69. The molecule has 0 radical (unpaired) electrons. The number of H-pyrrole nitrogens is 1. The minimum absolute atomic E-state index is 0. The molecule has 0 aliphatic rings. The molecule has 0 unspecified atom stereocenters. The summed E-state index contributed by atoms with van der Waals surface area (Å²) in [4.78, 5) is 16.8. The van der Waals surface area contributed by atoms with Gasteiger partial charge >= 0.3 is 0 Å². The second-order valence-electron chi connectivity index (χ2n) is 1.57. The number of hydrogen-bond donors (Lipinski definition) is 2. The van der Waals surface area contributed by atoms with Crippen molar-refractivity contribution in [3.05, 3.63) is 28.4 Å². The van der Waals surface area contributed by atoms with E-state index in [-0.39, 0.29) is 24.5 Å². The summed E-state index contributed by atoms with van der Waals surface area (Å²) in [6, 6.07) is 0. The summed E-state index contributed by atoms with van der Waals surface area (Å²) in [5, 5.41) is 0. The van der Waals surface area contributed by atoms with E-state index in [0.29, 0.717) is 5.69 Å². The average Bonchev–Trinajstić information content (AvgIpc) is 1.89. The van der Waals surface area contributed by atoms with Crippen LogP contribution in [0.25, 0.3) is 0 Å². The maximum atomic E-state index is 10.7. The van der Waals surface area contributed by atoms with E-state index >= 15 is 0 Å². The molecule has 0 aliphatic heterocycles. The SMILES string of the molecule is Cl.NCc1ncc[nH]c1=O. The summed E-state index contributed by atoms with van der Waals surface area (Å²) in [7, 11) is 0. The van der Waals surface area contributed by atoms with Gasteiger partial charge in [-0.2, -0.15) is 0 Å². The van der Waals surface area contributed by atoms with Crippen LogP contribution in [0.1, 0.15) is 5.69 Å². The Labute approximate surface area is 63.9 Å². The number of nitrogens with two attached hydrogens (primary N) is 1. The Bertz CT molecular complexity index is 247. The summed E-state index contributed by atoms with van der Waals surface area (Å²) in [6.45, 7) is 0.191. The quantitative estimate of drug-likeness (QED) is 0.592. The van der Waals surface area contributed by atoms with E-state index in [0.717, 1.165) is 0 Å². The van der Waals surface area contributed by atoms with Crippen molar-refractivity contribution in [2.75, 3.05) is 0 Å². The number of hydrogen-bond acceptors (Lipinski definition) is 3. The highest BCUT2D eigenvalue weighted by Gasteiger charge is 1.92. The maximum absolute atomic E-state index is 10.7. The fraction of sp³-hybridized carbons (Fsp3) is 0.200. The lowest BCUT2D eigenvalue weighted by Crippen LogP contribution is -2.16. The smallest absolute Gasteiger partial charge is 0.270 e. The third kappa shape index (κ3) is 1.82. The van der Waals surface area contributed by atoms with Crippen LogP contribution in [0, 0.1) is 0 Å². The van der Waals surface area contributed by atoms with Crippen LogP contribution in [0.2, 0.25) is 0 Å². The van der Waals surface area contributed by atoms with Crippen molar-refractivity contribution in [3.8, 4) is 0 Å². The predicted molar refractivity (Wildman–Crippen MR) is 40.0 cm³/mol. The molecule has 0 amide bonds. The van der Waals surface area contributed by atoms with E-state index in [4.69, 9.17) is 5.73 Å². The van der Waals surface area contributed by atoms with E-state index in [2.05, 4.69) is 9.97 Å². The molecule has 0 fully saturated rings. The fourth-order valence-electron chi connectivity index (χ4n) is 0.528. The van der Waals surface area contributed by atoms with Gasteiger partial charge in [0.05, 0.1) is 0 Å². The second kappa shape index (κ2) is 4.03. The van der Waals surface area contributed by atoms with Gasteiger partial charge in [0.1, 0.15) is 5.69 Å². The number of nitrogens with one attached hydrogen (secondary N) is 1. The summed E-state index contributed by atoms with van der Waals surface area (Å²) < 4.78 is 0. The largest absolute Gasteiger partial charge is 0.326 e. The monoisotopic (exact) mass is 161 g/mol. The maximum Gasteiger partial charge on any atom is 0.270 e. The van der Waals surface area contributed by atoms with Crippen molar-refractivity contribution in [3.63, 3.8) is 0 Å². The van der Waals surface area contributed by atoms with Gasteiger partial charge in [-0.15, -0.1) is 12.4 Å². The van der Waals surface area contributed by atoms with Crippen molar-refractivity contribution in [2.24, 2.45) is 5.73 Å². The first-order chi connectivity index (χ1) is 4.34. The van der Waals surface area contributed by atoms with Crippen LogP contribution >= 0.6 is 12.4 Å². The highest BCUT2D eigenvalue weighted by Crippen LogP contribution is 1.75. The summed E-state index contributed by atoms with van der Waals surface area (Å²) in [5.74, 6) is 0. The van der Waals surface area contributed by atoms with Gasteiger partial charge in [-0.3, -0.25) is 9.78 Å². The topological polar surface area (TPSA) is 71.8 Å². The molecule has 0 aliphatic carbocycles. The molecule has 1 heterocycles. The molecule has 5 heteroatoms. The van der Waals surface area contributed by atoms with Gasteiger partial charge in [-0.1, -0.05) is 0 Å². The number of halogens is 1. The van der Waals surface area contributed by atoms with Gasteiger partial charge in [0.2, 0.25) is 0 Å². The molecule has 1 aromatic heterocycles. The number of rotatable bonds is 1. The lowest BCUT2D eigenvalue weighted by Gasteiger charge is -1.88. The van der Waals surface area contributed by atoms with E-state index in [1.807, 2.05) is 0 Å². The van der Waals surface area contributed by atoms with E-state index in [1.165, 1.54) is 12.4 Å². The second-order valence-corrected chi connectivity index (χ2v) is 1.57. The van der Waals surface area contributed by atoms with Gasteiger partial charge in [-0.05, 0) is 0 Å². The first-order valence-electron chi connectivity index (χ1n) is 2.57. The molecule has 0 saturated heterocycles. The van der Waals surface area contributed by atoms with Crippen molar-refractivity contribution >= 4 is 12.4 Å². The molecule has 10 heavy (non-hydrogen) atoms. The molecular weight excluding hydrogens is 154 g/mol. The summed E-state index contributed by atoms with van der Waals surface area (Å²) in [5.41, 5.74) is 5.33. The van der Waals surface area contributed by atoms with Gasteiger partial charge in [-0.25, -0.2) is 0 Å². The van der Waals surface area contributed by atoms with Gasteiger partial charge in [0, 0.05) is 18.9 Å². The third-order valence-corrected chi connectivity index (χ3v) is 0.975. The molecular formula is C5H8ClN3O. The Hall–Kier alpha value is -0.870. The lowest BCUT2D eigenvalue weighted by molar-refractivity contribution is 0.933. The molecule has 3 N–H and O–H groups in total. The third-order valence-electron chi connectivity index (χ3n) is 0.975. The number of aromatic amines is 1. The van der Waals surface area contributed by atoms with Crippen LogP contribution in [0.3, 0.4) is 0 Å². The van der Waals surface area contributed by atoms with E-state index < -0.39 is 0 Å². The average molecular weight is 162 g/mol. The first-order valence-corrected chi connectivity index (χ1v) is 2.57. The van der Waals surface area contributed by atoms with Gasteiger partial charge in [0.25, 0.3) is 5.56 Å². The normalized spacial score (nSPS) is 8.50. The molecule has 1 aromatic rings. The summed E-state index contributed by atoms with van der Waals surface area (Å²) in [6.07, 6.45) is 2.98. The van der Waals surface area contributed by atoms with Crippen LogP contribution in [-0.4, -0.2) is 9.97 Å².